The maximum Gasteiger partial charge on any atom is 0.322 e. The van der Waals surface area contributed by atoms with Crippen molar-refractivity contribution in [2.24, 2.45) is 0 Å². The number of benzene rings is 2. The minimum absolute atomic E-state index is 0.140. The first-order valence-electron chi connectivity index (χ1n) is 9.68. The topological polar surface area (TPSA) is 71.3 Å². The van der Waals surface area contributed by atoms with Crippen LogP contribution in [0.25, 0.3) is 11.4 Å². The Morgan fingerprint density at radius 3 is 2.61 bits per heavy atom. The zero-order valence-corrected chi connectivity index (χ0v) is 16.1. The fourth-order valence-electron chi connectivity index (χ4n) is 3.49. The number of carbonyl (C=O) groups is 1. The van der Waals surface area contributed by atoms with Gasteiger partial charge in [0.2, 0.25) is 11.7 Å². The van der Waals surface area contributed by atoms with Crippen LogP contribution in [0.15, 0.2) is 59.1 Å². The molecule has 1 N–H and O–H groups in total. The highest BCUT2D eigenvalue weighted by atomic mass is 16.5. The summed E-state index contributed by atoms with van der Waals surface area (Å²) in [6.45, 7) is 4.97. The smallest absolute Gasteiger partial charge is 0.322 e. The predicted octanol–water partition coefficient (Wildman–Crippen LogP) is 5.23. The molecule has 1 aliphatic rings. The minimum Gasteiger partial charge on any atom is -0.337 e. The molecule has 3 aromatic rings. The van der Waals surface area contributed by atoms with E-state index in [1.54, 1.807) is 4.90 Å². The summed E-state index contributed by atoms with van der Waals surface area (Å²) in [4.78, 5) is 19.1. The number of nitrogens with zero attached hydrogens (tertiary/aromatic N) is 3. The normalized spacial score (nSPS) is 16.5. The number of rotatable bonds is 4. The van der Waals surface area contributed by atoms with Gasteiger partial charge in [0.25, 0.3) is 0 Å². The molecule has 144 valence electrons. The summed E-state index contributed by atoms with van der Waals surface area (Å²) in [6.07, 6.45) is 1.73. The van der Waals surface area contributed by atoms with Crippen LogP contribution in [0, 0.1) is 0 Å². The van der Waals surface area contributed by atoms with Gasteiger partial charge < -0.3 is 14.7 Å². The highest BCUT2D eigenvalue weighted by molar-refractivity contribution is 5.89. The summed E-state index contributed by atoms with van der Waals surface area (Å²) in [7, 11) is 0. The molecule has 0 unspecified atom stereocenters. The molecule has 2 aromatic carbocycles. The third kappa shape index (κ3) is 3.76. The lowest BCUT2D eigenvalue weighted by atomic mass is 10.0. The number of urea groups is 1. The zero-order chi connectivity index (χ0) is 19.5. The number of likely N-dealkylation sites (tertiary alicyclic amines) is 1. The van der Waals surface area contributed by atoms with Crippen molar-refractivity contribution in [2.45, 2.75) is 38.6 Å². The van der Waals surface area contributed by atoms with Gasteiger partial charge in [-0.05, 0) is 36.5 Å². The van der Waals surface area contributed by atoms with E-state index in [4.69, 9.17) is 4.52 Å². The molecule has 6 nitrogen and oxygen atoms in total. The van der Waals surface area contributed by atoms with Crippen molar-refractivity contribution in [3.63, 3.8) is 0 Å². The van der Waals surface area contributed by atoms with Crippen LogP contribution in [-0.4, -0.2) is 27.6 Å². The Morgan fingerprint density at radius 1 is 1.14 bits per heavy atom. The standard InChI is InChI=1S/C22H24N4O2/c1-15(2)16-10-12-18(13-11-16)23-22(27)26-14-6-9-19(26)21-24-20(25-28-21)17-7-4-3-5-8-17/h3-5,7-8,10-13,15,19H,6,9,14H2,1-2H3,(H,23,27)/t19-/m0/s1. The van der Waals surface area contributed by atoms with Crippen molar-refractivity contribution in [1.82, 2.24) is 15.0 Å². The van der Waals surface area contributed by atoms with Crippen LogP contribution in [0.4, 0.5) is 10.5 Å². The molecule has 1 aliphatic heterocycles. The van der Waals surface area contributed by atoms with Gasteiger partial charge in [-0.2, -0.15) is 4.98 Å². The highest BCUT2D eigenvalue weighted by Crippen LogP contribution is 2.32. The Bertz CT molecular complexity index is 935. The fraction of sp³-hybridized carbons (Fsp3) is 0.318. The van der Waals surface area contributed by atoms with E-state index in [0.29, 0.717) is 24.2 Å². The molecule has 1 fully saturated rings. The molecule has 2 amide bonds. The lowest BCUT2D eigenvalue weighted by molar-refractivity contribution is 0.193. The van der Waals surface area contributed by atoms with Crippen LogP contribution in [0.5, 0.6) is 0 Å². The van der Waals surface area contributed by atoms with E-state index in [1.807, 2.05) is 54.6 Å². The van der Waals surface area contributed by atoms with E-state index in [0.717, 1.165) is 24.1 Å². The molecule has 0 bridgehead atoms. The second-order valence-corrected chi connectivity index (χ2v) is 7.38. The molecule has 28 heavy (non-hydrogen) atoms. The van der Waals surface area contributed by atoms with Crippen LogP contribution in [0.2, 0.25) is 0 Å². The van der Waals surface area contributed by atoms with Crippen molar-refractivity contribution < 1.29 is 9.32 Å². The van der Waals surface area contributed by atoms with E-state index in [2.05, 4.69) is 29.3 Å². The van der Waals surface area contributed by atoms with Gasteiger partial charge >= 0.3 is 6.03 Å². The predicted molar refractivity (Wildman–Crippen MR) is 108 cm³/mol. The largest absolute Gasteiger partial charge is 0.337 e. The Balaban J connectivity index is 1.47. The first kappa shape index (κ1) is 18.2. The summed E-state index contributed by atoms with van der Waals surface area (Å²) in [5, 5.41) is 7.08. The molecule has 6 heteroatoms. The summed E-state index contributed by atoms with van der Waals surface area (Å²) < 4.78 is 5.49. The number of amides is 2. The maximum atomic E-state index is 12.8. The van der Waals surface area contributed by atoms with Gasteiger partial charge in [-0.25, -0.2) is 4.79 Å². The van der Waals surface area contributed by atoms with E-state index in [-0.39, 0.29) is 12.1 Å². The quantitative estimate of drug-likeness (QED) is 0.677. The van der Waals surface area contributed by atoms with Gasteiger partial charge in [0.1, 0.15) is 6.04 Å². The Kier molecular flexibility index (Phi) is 5.10. The molecule has 1 atom stereocenters. The number of carbonyl (C=O) groups excluding carboxylic acids is 1. The summed E-state index contributed by atoms with van der Waals surface area (Å²) in [5.74, 6) is 1.50. The van der Waals surface area contributed by atoms with Gasteiger partial charge in [0, 0.05) is 17.8 Å². The first-order valence-corrected chi connectivity index (χ1v) is 9.68. The number of anilines is 1. The summed E-state index contributed by atoms with van der Waals surface area (Å²) in [5.41, 5.74) is 2.93. The van der Waals surface area contributed by atoms with E-state index in [1.165, 1.54) is 5.56 Å². The monoisotopic (exact) mass is 376 g/mol. The zero-order valence-electron chi connectivity index (χ0n) is 16.1. The van der Waals surface area contributed by atoms with Gasteiger partial charge in [-0.1, -0.05) is 61.5 Å². The molecule has 1 saturated heterocycles. The number of aromatic nitrogens is 2. The molecule has 0 aliphatic carbocycles. The van der Waals surface area contributed by atoms with Crippen LogP contribution < -0.4 is 5.32 Å². The van der Waals surface area contributed by atoms with E-state index in [9.17, 15) is 4.79 Å². The van der Waals surface area contributed by atoms with E-state index < -0.39 is 0 Å². The molecule has 4 rings (SSSR count). The Morgan fingerprint density at radius 2 is 1.89 bits per heavy atom. The number of nitrogens with one attached hydrogen (secondary N) is 1. The average molecular weight is 376 g/mol. The van der Waals surface area contributed by atoms with Crippen LogP contribution in [0.1, 0.15) is 50.1 Å². The SMILES string of the molecule is CC(C)c1ccc(NC(=O)N2CCC[C@H]2c2nc(-c3ccccc3)no2)cc1. The van der Waals surface area contributed by atoms with Crippen molar-refractivity contribution in [1.29, 1.82) is 0 Å². The maximum absolute atomic E-state index is 12.8. The number of hydrogen-bond acceptors (Lipinski definition) is 4. The van der Waals surface area contributed by atoms with Crippen molar-refractivity contribution in [2.75, 3.05) is 11.9 Å². The van der Waals surface area contributed by atoms with Crippen molar-refractivity contribution in [3.05, 3.63) is 66.1 Å². The van der Waals surface area contributed by atoms with Crippen molar-refractivity contribution >= 4 is 11.7 Å². The van der Waals surface area contributed by atoms with Crippen LogP contribution >= 0.6 is 0 Å². The second-order valence-electron chi connectivity index (χ2n) is 7.38. The van der Waals surface area contributed by atoms with Crippen LogP contribution in [0.3, 0.4) is 0 Å². The first-order chi connectivity index (χ1) is 13.6. The lowest BCUT2D eigenvalue weighted by Gasteiger charge is -2.22. The lowest BCUT2D eigenvalue weighted by Crippen LogP contribution is -2.34. The molecule has 0 spiro atoms. The number of hydrogen-bond donors (Lipinski definition) is 1. The Hall–Kier alpha value is -3.15. The Labute approximate surface area is 164 Å². The molecule has 0 radical (unpaired) electrons. The van der Waals surface area contributed by atoms with Crippen LogP contribution in [-0.2, 0) is 0 Å². The highest BCUT2D eigenvalue weighted by Gasteiger charge is 2.34. The average Bonchev–Trinajstić information content (AvgIpc) is 3.38. The van der Waals surface area contributed by atoms with Gasteiger partial charge in [-0.15, -0.1) is 0 Å². The molecular formula is C22H24N4O2. The fourth-order valence-corrected chi connectivity index (χ4v) is 3.49. The van der Waals surface area contributed by atoms with Gasteiger partial charge in [0.15, 0.2) is 0 Å². The third-order valence-corrected chi connectivity index (χ3v) is 5.10. The molecule has 1 aromatic heterocycles. The van der Waals surface area contributed by atoms with Gasteiger partial charge in [0.05, 0.1) is 0 Å². The van der Waals surface area contributed by atoms with Gasteiger partial charge in [-0.3, -0.25) is 0 Å². The van der Waals surface area contributed by atoms with E-state index >= 15 is 0 Å². The minimum atomic E-state index is -0.195. The second kappa shape index (κ2) is 7.84. The third-order valence-electron chi connectivity index (χ3n) is 5.10. The summed E-state index contributed by atoms with van der Waals surface area (Å²) >= 11 is 0. The molecule has 2 heterocycles. The molecular weight excluding hydrogens is 352 g/mol. The van der Waals surface area contributed by atoms with Crippen molar-refractivity contribution in [3.8, 4) is 11.4 Å². The summed E-state index contributed by atoms with van der Waals surface area (Å²) in [6, 6.07) is 17.3. The molecule has 0 saturated carbocycles.